The van der Waals surface area contributed by atoms with E-state index in [0.29, 0.717) is 4.87 Å². The highest BCUT2D eigenvalue weighted by molar-refractivity contribution is 8.12. The summed E-state index contributed by atoms with van der Waals surface area (Å²) in [6, 6.07) is 0. The molecule has 0 bridgehead atoms. The fourth-order valence-corrected chi connectivity index (χ4v) is 0.734. The number of rotatable bonds is 0. The van der Waals surface area contributed by atoms with Crippen LogP contribution in [0.1, 0.15) is 0 Å². The molecule has 0 spiro atoms. The Bertz CT molecular complexity index is 109. The highest BCUT2D eigenvalue weighted by Gasteiger charge is 2.26. The lowest BCUT2D eigenvalue weighted by Gasteiger charge is -1.66. The van der Waals surface area contributed by atoms with Gasteiger partial charge in [0.15, 0.2) is 0 Å². The van der Waals surface area contributed by atoms with E-state index in [1.54, 1.807) is 0 Å². The Labute approximate surface area is 43.9 Å². The van der Waals surface area contributed by atoms with Crippen molar-refractivity contribution in [2.45, 2.75) is 0 Å². The first-order valence-corrected chi connectivity index (χ1v) is 2.50. The highest BCUT2D eigenvalue weighted by atomic mass is 32.2. The molecule has 1 rings (SSSR count). The third kappa shape index (κ3) is 0.894. The molecule has 38 valence electrons. The van der Waals surface area contributed by atoms with Crippen molar-refractivity contribution in [1.29, 1.82) is 0 Å². The maximum Gasteiger partial charge on any atom is 0.295 e. The molecule has 0 aromatic heterocycles. The average Bonchev–Trinajstić information content (AvgIpc) is 1.87. The Morgan fingerprint density at radius 3 is 2.71 bits per heavy atom. The molecule has 1 aliphatic heterocycles. The van der Waals surface area contributed by atoms with E-state index >= 15 is 0 Å². The lowest BCUT2D eigenvalue weighted by atomic mass is 10.8. The van der Waals surface area contributed by atoms with E-state index in [4.69, 9.17) is 0 Å². The molecule has 0 aliphatic carbocycles. The molecule has 5 heteroatoms. The topological polar surface area (TPSA) is 49.2 Å². The van der Waals surface area contributed by atoms with Crippen molar-refractivity contribution >= 4 is 17.1 Å². The fraction of sp³-hybridized carbons (Fsp3) is 0.500. The molecule has 1 fully saturated rings. The number of carbonyl (C=O) groups is 1. The van der Waals surface area contributed by atoms with Gasteiger partial charge in [-0.05, 0) is 0 Å². The van der Waals surface area contributed by atoms with E-state index < -0.39 is 0 Å². The second kappa shape index (κ2) is 1.49. The molecule has 0 atom stereocenters. The van der Waals surface area contributed by atoms with Crippen LogP contribution in [0.25, 0.3) is 0 Å². The van der Waals surface area contributed by atoms with E-state index in [-0.39, 0.29) is 11.7 Å². The lowest BCUT2D eigenvalue weighted by Crippen LogP contribution is -2.11. The molecule has 0 saturated carbocycles. The summed E-state index contributed by atoms with van der Waals surface area (Å²) in [5.74, 6) is 0. The van der Waals surface area contributed by atoms with Gasteiger partial charge in [-0.2, -0.15) is 0 Å². The first-order valence-electron chi connectivity index (χ1n) is 1.69. The average molecular weight is 119 g/mol. The van der Waals surface area contributed by atoms with E-state index in [9.17, 15) is 9.70 Å². The van der Waals surface area contributed by atoms with Gasteiger partial charge in [0.25, 0.3) is 11.7 Å². The largest absolute Gasteiger partial charge is 0.295 e. The van der Waals surface area contributed by atoms with Gasteiger partial charge in [0, 0.05) is 0 Å². The van der Waals surface area contributed by atoms with E-state index in [2.05, 4.69) is 4.83 Å². The van der Waals surface area contributed by atoms with Gasteiger partial charge in [-0.3, -0.25) is 4.79 Å². The van der Waals surface area contributed by atoms with Crippen LogP contribution in [-0.2, 0) is 4.79 Å². The van der Waals surface area contributed by atoms with Crippen LogP contribution < -0.4 is 4.83 Å². The Morgan fingerprint density at radius 2 is 2.57 bits per heavy atom. The van der Waals surface area contributed by atoms with Crippen LogP contribution in [0.2, 0.25) is 0 Å². The van der Waals surface area contributed by atoms with Gasteiger partial charge in [-0.1, -0.05) is 4.83 Å². The molecule has 1 N–H and O–H groups in total. The molecule has 0 aromatic rings. The Kier molecular flexibility index (Phi) is 0.976. The van der Waals surface area contributed by atoms with Crippen molar-refractivity contribution < 1.29 is 9.66 Å². The minimum atomic E-state index is -0.130. The van der Waals surface area contributed by atoms with Crippen LogP contribution in [0.3, 0.4) is 0 Å². The molecule has 1 aliphatic rings. The minimum Gasteiger partial charge on any atom is -0.277 e. The summed E-state index contributed by atoms with van der Waals surface area (Å²) in [5, 5.41) is -0.130. The van der Waals surface area contributed by atoms with Crippen LogP contribution in [0.15, 0.2) is 0 Å². The molecule has 0 unspecified atom stereocenters. The van der Waals surface area contributed by atoms with Crippen LogP contribution in [-0.4, -0.2) is 16.5 Å². The fourth-order valence-electron chi connectivity index (χ4n) is 0.284. The molecule has 0 aromatic carbocycles. The van der Waals surface area contributed by atoms with Crippen molar-refractivity contribution in [2.75, 3.05) is 6.54 Å². The number of nitrogens with one attached hydrogen (secondary N) is 1. The zero-order valence-electron chi connectivity index (χ0n) is 3.38. The van der Waals surface area contributed by atoms with E-state index in [0.717, 1.165) is 11.9 Å². The number of carbonyl (C=O) groups excluding carboxylic acids is 1. The summed E-state index contributed by atoms with van der Waals surface area (Å²) in [6.07, 6.45) is 0. The van der Waals surface area contributed by atoms with Crippen molar-refractivity contribution in [3.05, 3.63) is 4.91 Å². The minimum absolute atomic E-state index is 0.0370. The maximum atomic E-state index is 10.1. The van der Waals surface area contributed by atoms with Crippen molar-refractivity contribution in [3.63, 3.8) is 0 Å². The van der Waals surface area contributed by atoms with E-state index in [1.165, 1.54) is 0 Å². The van der Waals surface area contributed by atoms with Crippen LogP contribution in [0.5, 0.6) is 0 Å². The number of hydrogen-bond donors (Lipinski definition) is 1. The van der Waals surface area contributed by atoms with Gasteiger partial charge in [0.1, 0.15) is 4.87 Å². The Hall–Kier alpha value is -0.580. The smallest absolute Gasteiger partial charge is 0.277 e. The monoisotopic (exact) mass is 119 g/mol. The molecule has 1 saturated heterocycles. The van der Waals surface area contributed by atoms with Crippen LogP contribution in [0, 0.1) is 4.91 Å². The molecule has 4 nitrogen and oxygen atoms in total. The second-order valence-electron chi connectivity index (χ2n) is 1.10. The Morgan fingerprint density at radius 1 is 1.86 bits per heavy atom. The zero-order valence-corrected chi connectivity index (χ0v) is 4.20. The second-order valence-corrected chi connectivity index (χ2v) is 1.94. The Balaban J connectivity index is 2.55. The predicted molar refractivity (Wildman–Crippen MR) is 24.2 cm³/mol. The summed E-state index contributed by atoms with van der Waals surface area (Å²) in [5.41, 5.74) is 0. The summed E-state index contributed by atoms with van der Waals surface area (Å²) in [7, 11) is 0. The number of nitrogens with zero attached hydrogens (tertiary/aromatic N) is 1. The zero-order chi connectivity index (χ0) is 5.28. The van der Waals surface area contributed by atoms with Gasteiger partial charge < -0.3 is 0 Å². The van der Waals surface area contributed by atoms with Crippen LogP contribution in [0.4, 0.5) is 0 Å². The molecule has 0 radical (unpaired) electrons. The number of hydrogen-bond acceptors (Lipinski definition) is 3. The SMILES string of the molecule is O=C1C[N+](=O)NS1. The molecule has 1 heterocycles. The number of nitroso groups, excluding NO2 is 1. The summed E-state index contributed by atoms with van der Waals surface area (Å²) in [6.45, 7) is -0.0370. The number of hydrazine groups is 1. The van der Waals surface area contributed by atoms with Crippen molar-refractivity contribution in [1.82, 2.24) is 4.83 Å². The third-order valence-corrected chi connectivity index (χ3v) is 1.19. The highest BCUT2D eigenvalue weighted by Crippen LogP contribution is 2.01. The first-order chi connectivity index (χ1) is 3.29. The molecule has 0 amide bonds. The van der Waals surface area contributed by atoms with Gasteiger partial charge in [0.05, 0.1) is 16.9 Å². The quantitative estimate of drug-likeness (QED) is 0.343. The van der Waals surface area contributed by atoms with E-state index in [1.807, 2.05) is 0 Å². The van der Waals surface area contributed by atoms with Gasteiger partial charge in [-0.15, -0.1) is 0 Å². The third-order valence-electron chi connectivity index (χ3n) is 0.534. The first kappa shape index (κ1) is 4.58. The van der Waals surface area contributed by atoms with Gasteiger partial charge >= 0.3 is 0 Å². The standard InChI is InChI=1S/C2H3N2O2S/c5-2-1-4(6)3-7-2/h1H2,(H,3,6)/q+1. The normalized spacial score (nSPS) is 20.0. The molecular weight excluding hydrogens is 116 g/mol. The van der Waals surface area contributed by atoms with Gasteiger partial charge in [0.2, 0.25) is 0 Å². The molecular formula is C2H3N2O2S+. The molecule has 7 heavy (non-hydrogen) atoms. The predicted octanol–water partition coefficient (Wildman–Crippen LogP) is -0.542. The van der Waals surface area contributed by atoms with Crippen molar-refractivity contribution in [2.24, 2.45) is 0 Å². The van der Waals surface area contributed by atoms with Crippen molar-refractivity contribution in [3.8, 4) is 0 Å². The maximum absolute atomic E-state index is 10.1. The summed E-state index contributed by atoms with van der Waals surface area (Å²) in [4.78, 5) is 22.8. The lowest BCUT2D eigenvalue weighted by molar-refractivity contribution is -0.565. The van der Waals surface area contributed by atoms with Gasteiger partial charge in [-0.25, -0.2) is 0 Å². The summed E-state index contributed by atoms with van der Waals surface area (Å²) < 4.78 is 0. The summed E-state index contributed by atoms with van der Waals surface area (Å²) >= 11 is 0.830. The van der Waals surface area contributed by atoms with Crippen LogP contribution >= 0.6 is 11.9 Å².